The molecule has 3 aromatic rings. The van der Waals surface area contributed by atoms with Crippen LogP contribution in [0.25, 0.3) is 0 Å². The van der Waals surface area contributed by atoms with Crippen molar-refractivity contribution in [3.63, 3.8) is 0 Å². The molecule has 0 aromatic heterocycles. The highest BCUT2D eigenvalue weighted by atomic mass is 35.5. The zero-order valence-electron chi connectivity index (χ0n) is 19.0. The molecule has 0 aliphatic rings. The van der Waals surface area contributed by atoms with E-state index in [1.807, 2.05) is 12.1 Å². The van der Waals surface area contributed by atoms with Crippen LogP contribution in [-0.4, -0.2) is 38.8 Å². The standard InChI is InChI=1S/C25H23Cl2N3O5/c1-33-22-10-8-16(11-23(22)34-2)25(32)28-14-24(31)30-29-13-17-5-3-4-6-21(17)35-15-18-7-9-19(26)12-20(18)27/h3-13H,14-15H2,1-2H3,(H,28,32)(H,30,31)/b29-13+. The summed E-state index contributed by atoms with van der Waals surface area (Å²) >= 11 is 12.1. The Hall–Kier alpha value is -3.75. The lowest BCUT2D eigenvalue weighted by Gasteiger charge is -2.10. The maximum Gasteiger partial charge on any atom is 0.259 e. The van der Waals surface area contributed by atoms with E-state index in [-0.39, 0.29) is 13.2 Å². The number of halogens is 2. The number of carbonyl (C=O) groups is 2. The van der Waals surface area contributed by atoms with Gasteiger partial charge in [0.05, 0.1) is 27.0 Å². The summed E-state index contributed by atoms with van der Waals surface area (Å²) in [5.41, 5.74) is 4.12. The van der Waals surface area contributed by atoms with Crippen molar-refractivity contribution in [2.45, 2.75) is 6.61 Å². The van der Waals surface area contributed by atoms with Gasteiger partial charge in [0.1, 0.15) is 12.4 Å². The summed E-state index contributed by atoms with van der Waals surface area (Å²) < 4.78 is 16.2. The molecule has 0 spiro atoms. The van der Waals surface area contributed by atoms with Crippen molar-refractivity contribution in [2.75, 3.05) is 20.8 Å². The third-order valence-corrected chi connectivity index (χ3v) is 5.35. The summed E-state index contributed by atoms with van der Waals surface area (Å²) in [5, 5.41) is 7.53. The van der Waals surface area contributed by atoms with Gasteiger partial charge < -0.3 is 19.5 Å². The van der Waals surface area contributed by atoms with Gasteiger partial charge in [-0.05, 0) is 42.5 Å². The normalized spacial score (nSPS) is 10.6. The fourth-order valence-corrected chi connectivity index (χ4v) is 3.43. The van der Waals surface area contributed by atoms with Gasteiger partial charge in [0, 0.05) is 26.7 Å². The van der Waals surface area contributed by atoms with Crippen LogP contribution in [0.2, 0.25) is 10.0 Å². The third kappa shape index (κ3) is 7.37. The van der Waals surface area contributed by atoms with Crippen LogP contribution in [0.1, 0.15) is 21.5 Å². The fraction of sp³-hybridized carbons (Fsp3) is 0.160. The molecule has 8 nitrogen and oxygen atoms in total. The summed E-state index contributed by atoms with van der Waals surface area (Å²) in [6, 6.07) is 17.1. The first-order valence-electron chi connectivity index (χ1n) is 10.4. The monoisotopic (exact) mass is 515 g/mol. The summed E-state index contributed by atoms with van der Waals surface area (Å²) in [7, 11) is 2.98. The van der Waals surface area contributed by atoms with E-state index in [1.165, 1.54) is 26.5 Å². The Morgan fingerprint density at radius 2 is 1.71 bits per heavy atom. The maximum atomic E-state index is 12.3. The lowest BCUT2D eigenvalue weighted by atomic mass is 10.2. The molecule has 0 aliphatic heterocycles. The molecular weight excluding hydrogens is 493 g/mol. The molecule has 182 valence electrons. The SMILES string of the molecule is COc1ccc(C(=O)NCC(=O)N/N=C/c2ccccc2OCc2ccc(Cl)cc2Cl)cc1OC. The van der Waals surface area contributed by atoms with Gasteiger partial charge in [-0.1, -0.05) is 41.4 Å². The number of hydrogen-bond acceptors (Lipinski definition) is 6. The highest BCUT2D eigenvalue weighted by molar-refractivity contribution is 6.35. The number of nitrogens with one attached hydrogen (secondary N) is 2. The van der Waals surface area contributed by atoms with E-state index in [2.05, 4.69) is 15.8 Å². The number of methoxy groups -OCH3 is 2. The van der Waals surface area contributed by atoms with Crippen LogP contribution in [-0.2, 0) is 11.4 Å². The molecule has 3 rings (SSSR count). The van der Waals surface area contributed by atoms with E-state index in [0.29, 0.717) is 38.4 Å². The van der Waals surface area contributed by atoms with Crippen molar-refractivity contribution in [1.29, 1.82) is 0 Å². The van der Waals surface area contributed by atoms with E-state index in [9.17, 15) is 9.59 Å². The third-order valence-electron chi connectivity index (χ3n) is 4.77. The smallest absolute Gasteiger partial charge is 0.259 e. The first-order valence-corrected chi connectivity index (χ1v) is 11.1. The Labute approximate surface area is 212 Å². The Balaban J connectivity index is 1.53. The number of carbonyl (C=O) groups excluding carboxylic acids is 2. The van der Waals surface area contributed by atoms with Gasteiger partial charge in [0.2, 0.25) is 0 Å². The minimum atomic E-state index is -0.499. The number of nitrogens with zero attached hydrogens (tertiary/aromatic N) is 1. The predicted molar refractivity (Wildman–Crippen MR) is 135 cm³/mol. The van der Waals surface area contributed by atoms with Gasteiger partial charge in [0.25, 0.3) is 11.8 Å². The quantitative estimate of drug-likeness (QED) is 0.306. The average molecular weight is 516 g/mol. The molecule has 2 amide bonds. The van der Waals surface area contributed by atoms with Crippen molar-refractivity contribution in [3.05, 3.63) is 87.4 Å². The fourth-order valence-electron chi connectivity index (χ4n) is 2.97. The molecule has 0 radical (unpaired) electrons. The molecule has 2 N–H and O–H groups in total. The first kappa shape index (κ1) is 25.9. The van der Waals surface area contributed by atoms with Crippen LogP contribution in [0, 0.1) is 0 Å². The van der Waals surface area contributed by atoms with Gasteiger partial charge in [-0.2, -0.15) is 5.10 Å². The van der Waals surface area contributed by atoms with Crippen molar-refractivity contribution in [3.8, 4) is 17.2 Å². The molecule has 10 heteroatoms. The van der Waals surface area contributed by atoms with E-state index in [1.54, 1.807) is 42.5 Å². The predicted octanol–water partition coefficient (Wildman–Crippen LogP) is 4.47. The van der Waals surface area contributed by atoms with E-state index >= 15 is 0 Å². The number of ether oxygens (including phenoxy) is 3. The molecule has 3 aromatic carbocycles. The number of rotatable bonds is 10. The molecule has 0 saturated carbocycles. The Kier molecular flexibility index (Phi) is 9.34. The van der Waals surface area contributed by atoms with Crippen LogP contribution in [0.4, 0.5) is 0 Å². The summed E-state index contributed by atoms with van der Waals surface area (Å²) in [6.45, 7) is -0.0346. The molecule has 0 bridgehead atoms. The Morgan fingerprint density at radius 1 is 0.943 bits per heavy atom. The average Bonchev–Trinajstić information content (AvgIpc) is 2.87. The number of amides is 2. The number of para-hydroxylation sites is 1. The second kappa shape index (κ2) is 12.6. The molecular formula is C25H23Cl2N3O5. The van der Waals surface area contributed by atoms with Crippen molar-refractivity contribution >= 4 is 41.2 Å². The molecule has 0 atom stereocenters. The van der Waals surface area contributed by atoms with Gasteiger partial charge in [-0.15, -0.1) is 0 Å². The molecule has 0 aliphatic carbocycles. The second-order valence-electron chi connectivity index (χ2n) is 7.11. The maximum absolute atomic E-state index is 12.3. The molecule has 0 saturated heterocycles. The second-order valence-corrected chi connectivity index (χ2v) is 7.95. The van der Waals surface area contributed by atoms with Crippen LogP contribution in [0.5, 0.6) is 17.2 Å². The van der Waals surface area contributed by atoms with Gasteiger partial charge in [-0.3, -0.25) is 9.59 Å². The summed E-state index contributed by atoms with van der Waals surface area (Å²) in [4.78, 5) is 24.4. The largest absolute Gasteiger partial charge is 0.493 e. The molecule has 0 unspecified atom stereocenters. The number of hydrazone groups is 1. The Morgan fingerprint density at radius 3 is 2.46 bits per heavy atom. The molecule has 35 heavy (non-hydrogen) atoms. The summed E-state index contributed by atoms with van der Waals surface area (Å²) in [6.07, 6.45) is 1.45. The minimum absolute atomic E-state index is 0.232. The van der Waals surface area contributed by atoms with Gasteiger partial charge in [-0.25, -0.2) is 5.43 Å². The van der Waals surface area contributed by atoms with Crippen LogP contribution in [0.3, 0.4) is 0 Å². The zero-order valence-corrected chi connectivity index (χ0v) is 20.5. The highest BCUT2D eigenvalue weighted by Crippen LogP contribution is 2.27. The Bertz CT molecular complexity index is 1230. The lowest BCUT2D eigenvalue weighted by molar-refractivity contribution is -0.120. The van der Waals surface area contributed by atoms with Crippen molar-refractivity contribution < 1.29 is 23.8 Å². The number of hydrogen-bond donors (Lipinski definition) is 2. The van der Waals surface area contributed by atoms with Crippen LogP contribution < -0.4 is 25.0 Å². The van der Waals surface area contributed by atoms with Crippen LogP contribution >= 0.6 is 23.2 Å². The van der Waals surface area contributed by atoms with Gasteiger partial charge in [0.15, 0.2) is 11.5 Å². The van der Waals surface area contributed by atoms with E-state index < -0.39 is 11.8 Å². The molecule has 0 fully saturated rings. The summed E-state index contributed by atoms with van der Waals surface area (Å²) in [5.74, 6) is 0.523. The molecule has 0 heterocycles. The van der Waals surface area contributed by atoms with Crippen molar-refractivity contribution in [1.82, 2.24) is 10.7 Å². The highest BCUT2D eigenvalue weighted by Gasteiger charge is 2.12. The zero-order chi connectivity index (χ0) is 25.2. The topological polar surface area (TPSA) is 98.2 Å². The van der Waals surface area contributed by atoms with Crippen LogP contribution in [0.15, 0.2) is 65.8 Å². The first-order chi connectivity index (χ1) is 16.9. The van der Waals surface area contributed by atoms with E-state index in [4.69, 9.17) is 37.4 Å². The lowest BCUT2D eigenvalue weighted by Crippen LogP contribution is -2.34. The van der Waals surface area contributed by atoms with E-state index in [0.717, 1.165) is 5.56 Å². The minimum Gasteiger partial charge on any atom is -0.493 e. The van der Waals surface area contributed by atoms with Gasteiger partial charge >= 0.3 is 0 Å². The number of benzene rings is 3. The van der Waals surface area contributed by atoms with Crippen molar-refractivity contribution in [2.24, 2.45) is 5.10 Å².